The van der Waals surface area contributed by atoms with Crippen molar-refractivity contribution in [1.29, 1.82) is 0 Å². The molecule has 6 nitrogen and oxygen atoms in total. The number of hydrogen-bond acceptors (Lipinski definition) is 5. The molecule has 140 valence electrons. The van der Waals surface area contributed by atoms with Crippen LogP contribution >= 0.6 is 0 Å². The number of nitrogens with zero attached hydrogens (tertiary/aromatic N) is 1. The average Bonchev–Trinajstić information content (AvgIpc) is 2.70. The molecule has 0 bridgehead atoms. The van der Waals surface area contributed by atoms with Crippen molar-refractivity contribution in [3.63, 3.8) is 0 Å². The van der Waals surface area contributed by atoms with Gasteiger partial charge in [-0.25, -0.2) is 4.79 Å². The zero-order chi connectivity index (χ0) is 19.2. The highest BCUT2D eigenvalue weighted by Gasteiger charge is 2.19. The van der Waals surface area contributed by atoms with E-state index in [1.54, 1.807) is 6.08 Å². The standard InChI is InChI=1S/C21H22N2O4/c1-23(2)18-9-7-15(8-10-18)12-22-20(24)14-27-21(25)17-11-16-5-3-4-6-19(16)26-13-17/h3-11H,12-14H2,1-2H3,(H,22,24). The van der Waals surface area contributed by atoms with Gasteiger partial charge in [0.05, 0.1) is 5.57 Å². The first-order valence-corrected chi connectivity index (χ1v) is 8.65. The molecule has 0 atom stereocenters. The highest BCUT2D eigenvalue weighted by Crippen LogP contribution is 2.26. The van der Waals surface area contributed by atoms with E-state index < -0.39 is 5.97 Å². The number of carbonyl (C=O) groups is 2. The Morgan fingerprint density at radius 1 is 1.11 bits per heavy atom. The fraction of sp³-hybridized carbons (Fsp3) is 0.238. The molecular weight excluding hydrogens is 344 g/mol. The van der Waals surface area contributed by atoms with E-state index in [0.717, 1.165) is 22.6 Å². The van der Waals surface area contributed by atoms with Gasteiger partial charge in [-0.05, 0) is 29.8 Å². The zero-order valence-corrected chi connectivity index (χ0v) is 15.4. The van der Waals surface area contributed by atoms with Crippen molar-refractivity contribution in [2.45, 2.75) is 6.54 Å². The number of amides is 1. The number of esters is 1. The van der Waals surface area contributed by atoms with Crippen LogP contribution < -0.4 is 15.0 Å². The second-order valence-corrected chi connectivity index (χ2v) is 6.41. The Bertz CT molecular complexity index is 857. The van der Waals surface area contributed by atoms with Crippen LogP contribution in [0.5, 0.6) is 5.75 Å². The molecule has 1 aliphatic heterocycles. The minimum absolute atomic E-state index is 0.135. The maximum atomic E-state index is 12.1. The lowest BCUT2D eigenvalue weighted by molar-refractivity contribution is -0.145. The van der Waals surface area contributed by atoms with E-state index in [9.17, 15) is 9.59 Å². The predicted molar refractivity (Wildman–Crippen MR) is 103 cm³/mol. The number of hydrogen-bond donors (Lipinski definition) is 1. The summed E-state index contributed by atoms with van der Waals surface area (Å²) >= 11 is 0. The molecule has 0 spiro atoms. The van der Waals surface area contributed by atoms with Crippen LogP contribution in [0.4, 0.5) is 5.69 Å². The summed E-state index contributed by atoms with van der Waals surface area (Å²) in [5.41, 5.74) is 3.27. The molecule has 0 radical (unpaired) electrons. The Kier molecular flexibility index (Phi) is 5.76. The first-order chi connectivity index (χ1) is 13.0. The third kappa shape index (κ3) is 4.88. The number of fused-ring (bicyclic) bond motifs is 1. The molecule has 0 saturated carbocycles. The molecule has 1 N–H and O–H groups in total. The fourth-order valence-electron chi connectivity index (χ4n) is 2.62. The lowest BCUT2D eigenvalue weighted by atomic mass is 10.1. The minimum Gasteiger partial charge on any atom is -0.488 e. The van der Waals surface area contributed by atoms with Crippen LogP contribution in [0.25, 0.3) is 6.08 Å². The van der Waals surface area contributed by atoms with Crippen molar-refractivity contribution in [2.75, 3.05) is 32.2 Å². The van der Waals surface area contributed by atoms with E-state index in [4.69, 9.17) is 9.47 Å². The van der Waals surface area contributed by atoms with Gasteiger partial charge in [0.25, 0.3) is 5.91 Å². The molecule has 6 heteroatoms. The van der Waals surface area contributed by atoms with Crippen LogP contribution in [0.2, 0.25) is 0 Å². The maximum Gasteiger partial charge on any atom is 0.338 e. The molecule has 1 heterocycles. The lowest BCUT2D eigenvalue weighted by Crippen LogP contribution is -2.29. The van der Waals surface area contributed by atoms with Gasteiger partial charge in [0.1, 0.15) is 12.4 Å². The first kappa shape index (κ1) is 18.5. The molecule has 2 aromatic rings. The summed E-state index contributed by atoms with van der Waals surface area (Å²) in [5.74, 6) is -0.167. The van der Waals surface area contributed by atoms with E-state index >= 15 is 0 Å². The Morgan fingerprint density at radius 2 is 1.85 bits per heavy atom. The van der Waals surface area contributed by atoms with Crippen molar-refractivity contribution in [1.82, 2.24) is 5.32 Å². The quantitative estimate of drug-likeness (QED) is 0.795. The number of carbonyl (C=O) groups excluding carboxylic acids is 2. The number of rotatable bonds is 6. The number of para-hydroxylation sites is 1. The predicted octanol–water partition coefficient (Wildman–Crippen LogP) is 2.39. The van der Waals surface area contributed by atoms with Crippen LogP contribution in [-0.4, -0.2) is 39.2 Å². The second-order valence-electron chi connectivity index (χ2n) is 6.41. The van der Waals surface area contributed by atoms with E-state index in [1.807, 2.05) is 67.5 Å². The summed E-state index contributed by atoms with van der Waals surface area (Å²) in [6.45, 7) is 0.187. The smallest absolute Gasteiger partial charge is 0.338 e. The normalized spacial score (nSPS) is 12.3. The third-order valence-corrected chi connectivity index (χ3v) is 4.17. The van der Waals surface area contributed by atoms with Gasteiger partial charge in [-0.3, -0.25) is 4.79 Å². The summed E-state index contributed by atoms with van der Waals surface area (Å²) in [4.78, 5) is 26.1. The number of nitrogens with one attached hydrogen (secondary N) is 1. The monoisotopic (exact) mass is 366 g/mol. The third-order valence-electron chi connectivity index (χ3n) is 4.17. The Balaban J connectivity index is 1.46. The van der Waals surface area contributed by atoms with E-state index in [0.29, 0.717) is 12.1 Å². The van der Waals surface area contributed by atoms with Gasteiger partial charge < -0.3 is 19.7 Å². The van der Waals surface area contributed by atoms with Gasteiger partial charge in [0.15, 0.2) is 6.61 Å². The zero-order valence-electron chi connectivity index (χ0n) is 15.4. The van der Waals surface area contributed by atoms with Crippen LogP contribution in [0.3, 0.4) is 0 Å². The number of anilines is 1. The maximum absolute atomic E-state index is 12.1. The van der Waals surface area contributed by atoms with Crippen LogP contribution in [-0.2, 0) is 20.9 Å². The summed E-state index contributed by atoms with van der Waals surface area (Å²) < 4.78 is 10.6. The summed E-state index contributed by atoms with van der Waals surface area (Å²) in [6.07, 6.45) is 1.73. The van der Waals surface area contributed by atoms with Crippen LogP contribution in [0, 0.1) is 0 Å². The van der Waals surface area contributed by atoms with Gasteiger partial charge in [-0.1, -0.05) is 30.3 Å². The van der Waals surface area contributed by atoms with E-state index in [1.165, 1.54) is 0 Å². The van der Waals surface area contributed by atoms with E-state index in [2.05, 4.69) is 5.32 Å². The van der Waals surface area contributed by atoms with Crippen molar-refractivity contribution in [2.24, 2.45) is 0 Å². The van der Waals surface area contributed by atoms with Crippen LogP contribution in [0.1, 0.15) is 11.1 Å². The van der Waals surface area contributed by atoms with Gasteiger partial charge in [0.2, 0.25) is 0 Å². The first-order valence-electron chi connectivity index (χ1n) is 8.65. The van der Waals surface area contributed by atoms with Crippen molar-refractivity contribution in [3.05, 3.63) is 65.2 Å². The molecule has 1 amide bonds. The van der Waals surface area contributed by atoms with E-state index in [-0.39, 0.29) is 19.1 Å². The molecule has 1 aliphatic rings. The molecular formula is C21H22N2O4. The largest absolute Gasteiger partial charge is 0.488 e. The molecule has 0 fully saturated rings. The number of benzene rings is 2. The SMILES string of the molecule is CN(C)c1ccc(CNC(=O)COC(=O)C2=Cc3ccccc3OC2)cc1. The van der Waals surface area contributed by atoms with Gasteiger partial charge in [0, 0.05) is 31.9 Å². The van der Waals surface area contributed by atoms with Gasteiger partial charge in [-0.2, -0.15) is 0 Å². The second kappa shape index (κ2) is 8.40. The topological polar surface area (TPSA) is 67.9 Å². The fourth-order valence-corrected chi connectivity index (χ4v) is 2.62. The number of ether oxygens (including phenoxy) is 2. The molecule has 0 aliphatic carbocycles. The molecule has 27 heavy (non-hydrogen) atoms. The Labute approximate surface area is 158 Å². The van der Waals surface area contributed by atoms with Gasteiger partial charge in [-0.15, -0.1) is 0 Å². The molecule has 0 saturated heterocycles. The van der Waals surface area contributed by atoms with Crippen molar-refractivity contribution >= 4 is 23.6 Å². The Hall–Kier alpha value is -3.28. The lowest BCUT2D eigenvalue weighted by Gasteiger charge is -2.17. The molecule has 3 rings (SSSR count). The molecule has 0 unspecified atom stereocenters. The molecule has 0 aromatic heterocycles. The van der Waals surface area contributed by atoms with Crippen LogP contribution in [0.15, 0.2) is 54.1 Å². The summed E-state index contributed by atoms with van der Waals surface area (Å²) in [5, 5.41) is 2.74. The Morgan fingerprint density at radius 3 is 2.59 bits per heavy atom. The minimum atomic E-state index is -0.546. The average molecular weight is 366 g/mol. The summed E-state index contributed by atoms with van der Waals surface area (Å²) in [7, 11) is 3.94. The van der Waals surface area contributed by atoms with Crippen molar-refractivity contribution in [3.8, 4) is 5.75 Å². The summed E-state index contributed by atoms with van der Waals surface area (Å²) in [6, 6.07) is 15.3. The molecule has 2 aromatic carbocycles. The highest BCUT2D eigenvalue weighted by atomic mass is 16.5. The highest BCUT2D eigenvalue weighted by molar-refractivity contribution is 5.96. The van der Waals surface area contributed by atoms with Crippen molar-refractivity contribution < 1.29 is 19.1 Å². The van der Waals surface area contributed by atoms with Gasteiger partial charge >= 0.3 is 5.97 Å².